The summed E-state index contributed by atoms with van der Waals surface area (Å²) in [5, 5.41) is 17.2. The van der Waals surface area contributed by atoms with Gasteiger partial charge in [0, 0.05) is 5.92 Å². The Morgan fingerprint density at radius 2 is 1.62 bits per heavy atom. The molecule has 0 spiro atoms. The number of halogens is 3. The molecule has 1 atom stereocenters. The van der Waals surface area contributed by atoms with Gasteiger partial charge in [0.15, 0.2) is 0 Å². The molecule has 0 saturated carbocycles. The van der Waals surface area contributed by atoms with Crippen molar-refractivity contribution in [1.82, 2.24) is 10.3 Å². The van der Waals surface area contributed by atoms with E-state index in [1.165, 1.54) is 0 Å². The van der Waals surface area contributed by atoms with Gasteiger partial charge in [-0.25, -0.2) is 13.4 Å². The number of guanidine groups is 2. The predicted octanol–water partition coefficient (Wildman–Crippen LogP) is 2.99. The zero-order chi connectivity index (χ0) is 30.7. The van der Waals surface area contributed by atoms with Gasteiger partial charge in [-0.3, -0.25) is 5.32 Å². The minimum absolute atomic E-state index is 0.000131. The predicted molar refractivity (Wildman–Crippen MR) is 149 cm³/mol. The Kier molecular flexibility index (Phi) is 8.36. The highest BCUT2D eigenvalue weighted by Gasteiger charge is 2.34. The van der Waals surface area contributed by atoms with Gasteiger partial charge in [0.1, 0.15) is 0 Å². The Hall–Kier alpha value is -4.75. The van der Waals surface area contributed by atoms with E-state index in [9.17, 15) is 30.0 Å². The monoisotopic (exact) mass is 617 g/mol. The molecule has 0 bridgehead atoms. The normalized spacial score (nSPS) is 16.6. The average Bonchev–Trinajstić information content (AvgIpc) is 3.37. The number of hydrogen-bond donors (Lipinski definition) is 2. The maximum atomic E-state index is 13.2. The van der Waals surface area contributed by atoms with Crippen LogP contribution in [0, 0.1) is 11.3 Å². The second-order valence-corrected chi connectivity index (χ2v) is 12.2. The van der Waals surface area contributed by atoms with Crippen LogP contribution in [0.4, 0.5) is 13.2 Å². The first-order valence-corrected chi connectivity index (χ1v) is 15.2. The number of nitrogens with zero attached hydrogens (tertiary/aromatic N) is 5. The highest BCUT2D eigenvalue weighted by atomic mass is 32.2. The fourth-order valence-corrected chi connectivity index (χ4v) is 5.35. The lowest BCUT2D eigenvalue weighted by Crippen LogP contribution is -2.45. The van der Waals surface area contributed by atoms with Gasteiger partial charge in [0.25, 0.3) is 20.0 Å². The van der Waals surface area contributed by atoms with E-state index >= 15 is 0 Å². The summed E-state index contributed by atoms with van der Waals surface area (Å²) >= 11 is 0. The standard InChI is InChI=1S/C26H22F3N7O4S2/c1-41(37,38)34-24(31)32-25(35-42(39,40)21-13-11-20(12-14-21)26(27,28)29)36-16-22(18-5-3-2-4-6-18)23(33-36)19-9-7-17(15-30)8-10-19/h2-14,22H,16H2,1H3,(H3,31,32,34,35). The Bertz CT molecular complexity index is 1820. The van der Waals surface area contributed by atoms with Crippen LogP contribution in [-0.4, -0.2) is 52.3 Å². The first-order valence-electron chi connectivity index (χ1n) is 11.9. The largest absolute Gasteiger partial charge is 0.416 e. The van der Waals surface area contributed by atoms with Gasteiger partial charge in [-0.1, -0.05) is 42.5 Å². The summed E-state index contributed by atoms with van der Waals surface area (Å²) in [4.78, 5) is -0.566. The smallest absolute Gasteiger partial charge is 0.369 e. The molecule has 42 heavy (non-hydrogen) atoms. The third kappa shape index (κ3) is 7.30. The van der Waals surface area contributed by atoms with Crippen molar-refractivity contribution < 1.29 is 30.0 Å². The van der Waals surface area contributed by atoms with Crippen molar-refractivity contribution in [2.24, 2.45) is 19.6 Å². The van der Waals surface area contributed by atoms with Crippen molar-refractivity contribution in [1.29, 1.82) is 5.26 Å². The number of alkyl halides is 3. The Labute approximate surface area is 239 Å². The molecule has 1 aliphatic rings. The van der Waals surface area contributed by atoms with Crippen LogP contribution in [0.25, 0.3) is 0 Å². The summed E-state index contributed by atoms with van der Waals surface area (Å²) in [6.45, 7) is -0.000131. The van der Waals surface area contributed by atoms with Gasteiger partial charge >= 0.3 is 6.18 Å². The molecule has 11 nitrogen and oxygen atoms in total. The number of rotatable bonds is 5. The van der Waals surface area contributed by atoms with Crippen molar-refractivity contribution >= 4 is 37.7 Å². The lowest BCUT2D eigenvalue weighted by molar-refractivity contribution is -0.137. The highest BCUT2D eigenvalue weighted by molar-refractivity contribution is 7.90. The molecule has 0 saturated heterocycles. The van der Waals surface area contributed by atoms with E-state index in [2.05, 4.69) is 19.2 Å². The van der Waals surface area contributed by atoms with E-state index in [4.69, 9.17) is 11.0 Å². The summed E-state index contributed by atoms with van der Waals surface area (Å²) in [7, 11) is -8.68. The van der Waals surface area contributed by atoms with E-state index in [1.54, 1.807) is 36.4 Å². The van der Waals surface area contributed by atoms with E-state index in [0.29, 0.717) is 29.0 Å². The molecule has 1 heterocycles. The molecule has 4 rings (SSSR count). The molecular formula is C26H22F3N7O4S2. The second-order valence-electron chi connectivity index (χ2n) is 8.97. The molecule has 16 heteroatoms. The molecule has 0 radical (unpaired) electrons. The van der Waals surface area contributed by atoms with E-state index < -0.39 is 54.5 Å². The van der Waals surface area contributed by atoms with Crippen LogP contribution in [0.1, 0.15) is 28.2 Å². The van der Waals surface area contributed by atoms with Crippen LogP contribution >= 0.6 is 0 Å². The van der Waals surface area contributed by atoms with E-state index in [1.807, 2.05) is 24.3 Å². The molecule has 0 fully saturated rings. The topological polar surface area (TPSA) is 170 Å². The Morgan fingerprint density at radius 3 is 2.17 bits per heavy atom. The minimum Gasteiger partial charge on any atom is -0.369 e. The number of hydrazone groups is 1. The van der Waals surface area contributed by atoms with Gasteiger partial charge in [-0.15, -0.1) is 8.80 Å². The Morgan fingerprint density at radius 1 is 1.00 bits per heavy atom. The molecular weight excluding hydrogens is 595 g/mol. The maximum absolute atomic E-state index is 13.2. The second kappa shape index (κ2) is 11.6. The van der Waals surface area contributed by atoms with Crippen molar-refractivity contribution in [2.45, 2.75) is 17.0 Å². The molecule has 3 aromatic rings. The molecule has 0 aromatic heterocycles. The fourth-order valence-electron chi connectivity index (χ4n) is 3.99. The number of nitrogens with two attached hydrogens (primary N) is 1. The van der Waals surface area contributed by atoms with Crippen LogP contribution in [0.15, 0.2) is 97.7 Å². The quantitative estimate of drug-likeness (QED) is 0.325. The molecule has 0 aliphatic carbocycles. The number of sulfonamides is 2. The summed E-state index contributed by atoms with van der Waals surface area (Å²) in [5.41, 5.74) is 6.94. The zero-order valence-corrected chi connectivity index (χ0v) is 23.3. The number of hydrogen-bond acceptors (Lipinski definition) is 6. The molecule has 0 amide bonds. The summed E-state index contributed by atoms with van der Waals surface area (Å²) in [6.07, 6.45) is -3.92. The summed E-state index contributed by atoms with van der Waals surface area (Å²) < 4.78 is 95.7. The molecule has 3 aromatic carbocycles. The number of nitriles is 1. The molecule has 218 valence electrons. The average molecular weight is 618 g/mol. The summed E-state index contributed by atoms with van der Waals surface area (Å²) in [6, 6.07) is 20.3. The van der Waals surface area contributed by atoms with Crippen molar-refractivity contribution in [3.8, 4) is 6.07 Å². The van der Waals surface area contributed by atoms with Gasteiger partial charge in [0.05, 0.1) is 40.6 Å². The van der Waals surface area contributed by atoms with Crippen LogP contribution in [-0.2, 0) is 26.2 Å². The van der Waals surface area contributed by atoms with Crippen LogP contribution < -0.4 is 11.1 Å². The highest BCUT2D eigenvalue weighted by Crippen LogP contribution is 2.31. The fraction of sp³-hybridized carbons (Fsp3) is 0.154. The van der Waals surface area contributed by atoms with Crippen molar-refractivity contribution in [3.05, 3.63) is 101 Å². The van der Waals surface area contributed by atoms with Crippen molar-refractivity contribution in [3.63, 3.8) is 0 Å². The van der Waals surface area contributed by atoms with Gasteiger partial charge in [0.2, 0.25) is 11.9 Å². The van der Waals surface area contributed by atoms with Gasteiger partial charge < -0.3 is 5.73 Å². The molecule has 3 N–H and O–H groups in total. The maximum Gasteiger partial charge on any atom is 0.416 e. The van der Waals surface area contributed by atoms with Crippen LogP contribution in [0.2, 0.25) is 0 Å². The van der Waals surface area contributed by atoms with Crippen LogP contribution in [0.5, 0.6) is 0 Å². The third-order valence-corrected chi connectivity index (χ3v) is 7.67. The summed E-state index contributed by atoms with van der Waals surface area (Å²) in [5.74, 6) is -1.73. The SMILES string of the molecule is CS(=O)(=O)/N=C(/N)N/C(=N/S(=O)(=O)c1ccc(C(F)(F)F)cc1)N1CC(c2ccccc2)C(c2ccc(C#N)cc2)=N1. The molecule has 1 aliphatic heterocycles. The first-order chi connectivity index (χ1) is 19.7. The Balaban J connectivity index is 1.82. The van der Waals surface area contributed by atoms with Gasteiger partial charge in [-0.2, -0.15) is 32.0 Å². The number of nitrogens with one attached hydrogen (secondary N) is 1. The molecule has 1 unspecified atom stereocenters. The van der Waals surface area contributed by atoms with Crippen LogP contribution in [0.3, 0.4) is 0 Å². The van der Waals surface area contributed by atoms with E-state index in [0.717, 1.165) is 29.0 Å². The third-order valence-electron chi connectivity index (χ3n) is 5.86. The lowest BCUT2D eigenvalue weighted by Gasteiger charge is -2.19. The van der Waals surface area contributed by atoms with Crippen molar-refractivity contribution in [2.75, 3.05) is 12.8 Å². The zero-order valence-electron chi connectivity index (χ0n) is 21.7. The minimum atomic E-state index is -4.69. The number of benzene rings is 3. The first kappa shape index (κ1) is 30.2. The van der Waals surface area contributed by atoms with Gasteiger partial charge in [-0.05, 0) is 47.5 Å². The lowest BCUT2D eigenvalue weighted by atomic mass is 9.90. The van der Waals surface area contributed by atoms with E-state index in [-0.39, 0.29) is 6.54 Å².